The van der Waals surface area contributed by atoms with Gasteiger partial charge in [-0.1, -0.05) is 6.07 Å². The molecule has 5 nitrogen and oxygen atoms in total. The summed E-state index contributed by atoms with van der Waals surface area (Å²) >= 11 is 3.41. The molecule has 19 heavy (non-hydrogen) atoms. The Morgan fingerprint density at radius 3 is 2.79 bits per heavy atom. The number of aromatic nitrogens is 2. The molecule has 0 spiro atoms. The van der Waals surface area contributed by atoms with Crippen LogP contribution in [0.3, 0.4) is 0 Å². The van der Waals surface area contributed by atoms with Crippen LogP contribution in [0, 0.1) is 6.92 Å². The van der Waals surface area contributed by atoms with Crippen LogP contribution in [0.4, 0.5) is 11.5 Å². The monoisotopic (exact) mass is 320 g/mol. The Balaban J connectivity index is 2.20. The maximum atomic E-state index is 12.1. The maximum absolute atomic E-state index is 12.1. The molecule has 0 bridgehead atoms. The van der Waals surface area contributed by atoms with Crippen molar-refractivity contribution in [3.63, 3.8) is 0 Å². The average Bonchev–Trinajstić information content (AvgIpc) is 2.42. The number of nitrogens with one attached hydrogen (secondary N) is 2. The molecule has 0 saturated carbocycles. The number of hydrogen-bond donors (Lipinski definition) is 2. The third kappa shape index (κ3) is 3.29. The van der Waals surface area contributed by atoms with Crippen LogP contribution in [0.25, 0.3) is 0 Å². The quantitative estimate of drug-likeness (QED) is 0.912. The second kappa shape index (κ2) is 5.79. The zero-order valence-corrected chi connectivity index (χ0v) is 12.2. The Hall–Kier alpha value is -1.95. The molecule has 98 valence electrons. The van der Waals surface area contributed by atoms with Gasteiger partial charge in [0.15, 0.2) is 0 Å². The second-order valence-electron chi connectivity index (χ2n) is 3.98. The van der Waals surface area contributed by atoms with E-state index in [1.807, 2.05) is 25.1 Å². The molecule has 0 fully saturated rings. The molecule has 6 heteroatoms. The highest BCUT2D eigenvalue weighted by molar-refractivity contribution is 9.10. The van der Waals surface area contributed by atoms with E-state index in [2.05, 4.69) is 36.5 Å². The van der Waals surface area contributed by atoms with E-state index in [9.17, 15) is 4.79 Å². The van der Waals surface area contributed by atoms with Crippen molar-refractivity contribution in [3.8, 4) is 0 Å². The molecule has 0 aliphatic rings. The zero-order chi connectivity index (χ0) is 13.8. The van der Waals surface area contributed by atoms with E-state index in [0.717, 1.165) is 10.0 Å². The highest BCUT2D eigenvalue weighted by atomic mass is 79.9. The number of hydrogen-bond acceptors (Lipinski definition) is 4. The summed E-state index contributed by atoms with van der Waals surface area (Å²) in [7, 11) is 1.72. The third-order valence-electron chi connectivity index (χ3n) is 2.50. The second-order valence-corrected chi connectivity index (χ2v) is 4.83. The lowest BCUT2D eigenvalue weighted by atomic mass is 10.2. The molecule has 2 rings (SSSR count). The zero-order valence-electron chi connectivity index (χ0n) is 10.6. The van der Waals surface area contributed by atoms with Crippen LogP contribution < -0.4 is 10.6 Å². The van der Waals surface area contributed by atoms with Crippen LogP contribution in [0.2, 0.25) is 0 Å². The predicted molar refractivity (Wildman–Crippen MR) is 78.4 cm³/mol. The van der Waals surface area contributed by atoms with Gasteiger partial charge in [-0.2, -0.15) is 0 Å². The molecular formula is C13H13BrN4O. The van der Waals surface area contributed by atoms with Gasteiger partial charge < -0.3 is 10.6 Å². The number of rotatable bonds is 3. The number of amides is 1. The fourth-order valence-electron chi connectivity index (χ4n) is 1.50. The summed E-state index contributed by atoms with van der Waals surface area (Å²) in [5, 5.41) is 5.63. The van der Waals surface area contributed by atoms with Gasteiger partial charge in [0.2, 0.25) is 0 Å². The normalized spacial score (nSPS) is 10.1. The number of benzene rings is 1. The number of halogens is 1. The first-order valence-electron chi connectivity index (χ1n) is 5.67. The van der Waals surface area contributed by atoms with Gasteiger partial charge in [0, 0.05) is 11.5 Å². The maximum Gasteiger partial charge on any atom is 0.275 e. The van der Waals surface area contributed by atoms with Crippen molar-refractivity contribution >= 4 is 33.3 Å². The minimum absolute atomic E-state index is 0.263. The van der Waals surface area contributed by atoms with Gasteiger partial charge >= 0.3 is 0 Å². The van der Waals surface area contributed by atoms with Gasteiger partial charge in [-0.05, 0) is 40.5 Å². The van der Waals surface area contributed by atoms with E-state index in [-0.39, 0.29) is 11.6 Å². The van der Waals surface area contributed by atoms with Gasteiger partial charge in [-0.3, -0.25) is 9.78 Å². The molecule has 0 saturated heterocycles. The largest absolute Gasteiger partial charge is 0.372 e. The van der Waals surface area contributed by atoms with Crippen molar-refractivity contribution in [2.24, 2.45) is 0 Å². The lowest BCUT2D eigenvalue weighted by Crippen LogP contribution is -2.15. The molecular weight excluding hydrogens is 308 g/mol. The van der Waals surface area contributed by atoms with Crippen molar-refractivity contribution in [3.05, 3.63) is 46.3 Å². The smallest absolute Gasteiger partial charge is 0.275 e. The topological polar surface area (TPSA) is 66.9 Å². The SMILES string of the molecule is CNc1cncc(C(=O)Nc2ccc(C)cc2Br)n1. The van der Waals surface area contributed by atoms with Crippen LogP contribution >= 0.6 is 15.9 Å². The number of anilines is 2. The average molecular weight is 321 g/mol. The molecule has 1 aromatic carbocycles. The Labute approximate surface area is 119 Å². The van der Waals surface area contributed by atoms with Crippen LogP contribution in [-0.2, 0) is 0 Å². The summed E-state index contributed by atoms with van der Waals surface area (Å²) < 4.78 is 0.832. The molecule has 0 unspecified atom stereocenters. The first kappa shape index (κ1) is 13.5. The summed E-state index contributed by atoms with van der Waals surface area (Å²) in [5.41, 5.74) is 2.08. The number of aryl methyl sites for hydroxylation is 1. The lowest BCUT2D eigenvalue weighted by molar-refractivity contribution is 0.102. The van der Waals surface area contributed by atoms with Gasteiger partial charge in [0.05, 0.1) is 18.1 Å². The van der Waals surface area contributed by atoms with E-state index >= 15 is 0 Å². The lowest BCUT2D eigenvalue weighted by Gasteiger charge is -2.08. The standard InChI is InChI=1S/C13H13BrN4O/c1-8-3-4-10(9(14)5-8)18-13(19)11-6-16-7-12(15-2)17-11/h3-7H,1-2H3,(H,15,17)(H,18,19). The van der Waals surface area contributed by atoms with Crippen LogP contribution in [0.1, 0.15) is 16.1 Å². The summed E-state index contributed by atoms with van der Waals surface area (Å²) in [4.78, 5) is 20.1. The molecule has 0 radical (unpaired) electrons. The molecule has 0 aliphatic heterocycles. The Morgan fingerprint density at radius 1 is 1.32 bits per heavy atom. The highest BCUT2D eigenvalue weighted by Crippen LogP contribution is 2.23. The minimum atomic E-state index is -0.297. The van der Waals surface area contributed by atoms with Crippen molar-refractivity contribution in [1.29, 1.82) is 0 Å². The fourth-order valence-corrected chi connectivity index (χ4v) is 2.10. The molecule has 0 atom stereocenters. The van der Waals surface area contributed by atoms with Gasteiger partial charge in [0.1, 0.15) is 11.5 Å². The summed E-state index contributed by atoms with van der Waals surface area (Å²) in [6.07, 6.45) is 2.98. The number of nitrogens with zero attached hydrogens (tertiary/aromatic N) is 2. The highest BCUT2D eigenvalue weighted by Gasteiger charge is 2.10. The van der Waals surface area contributed by atoms with E-state index in [0.29, 0.717) is 11.5 Å². The molecule has 1 aromatic heterocycles. The Morgan fingerprint density at radius 2 is 2.11 bits per heavy atom. The van der Waals surface area contributed by atoms with Gasteiger partial charge in [-0.25, -0.2) is 4.98 Å². The van der Waals surface area contributed by atoms with Gasteiger partial charge in [-0.15, -0.1) is 0 Å². The van der Waals surface area contributed by atoms with Gasteiger partial charge in [0.25, 0.3) is 5.91 Å². The van der Waals surface area contributed by atoms with E-state index in [1.165, 1.54) is 6.20 Å². The van der Waals surface area contributed by atoms with E-state index in [1.54, 1.807) is 13.2 Å². The Kier molecular flexibility index (Phi) is 4.11. The minimum Gasteiger partial charge on any atom is -0.372 e. The van der Waals surface area contributed by atoms with Crippen LogP contribution in [0.5, 0.6) is 0 Å². The van der Waals surface area contributed by atoms with Crippen molar-refractivity contribution < 1.29 is 4.79 Å². The summed E-state index contributed by atoms with van der Waals surface area (Å²) in [6, 6.07) is 5.70. The molecule has 2 aromatic rings. The Bertz CT molecular complexity index is 615. The van der Waals surface area contributed by atoms with E-state index < -0.39 is 0 Å². The van der Waals surface area contributed by atoms with E-state index in [4.69, 9.17) is 0 Å². The van der Waals surface area contributed by atoms with Crippen molar-refractivity contribution in [2.75, 3.05) is 17.7 Å². The molecule has 2 N–H and O–H groups in total. The summed E-state index contributed by atoms with van der Waals surface area (Å²) in [6.45, 7) is 1.98. The predicted octanol–water partition coefficient (Wildman–Crippen LogP) is 2.84. The molecule has 1 amide bonds. The molecule has 1 heterocycles. The third-order valence-corrected chi connectivity index (χ3v) is 3.15. The first-order chi connectivity index (χ1) is 9.10. The summed E-state index contributed by atoms with van der Waals surface area (Å²) in [5.74, 6) is 0.254. The van der Waals surface area contributed by atoms with Crippen LogP contribution in [-0.4, -0.2) is 22.9 Å². The molecule has 0 aliphatic carbocycles. The van der Waals surface area contributed by atoms with Crippen molar-refractivity contribution in [2.45, 2.75) is 6.92 Å². The number of carbonyl (C=O) groups excluding carboxylic acids is 1. The number of carbonyl (C=O) groups is 1. The fraction of sp³-hybridized carbons (Fsp3) is 0.154. The van der Waals surface area contributed by atoms with Crippen molar-refractivity contribution in [1.82, 2.24) is 9.97 Å². The first-order valence-corrected chi connectivity index (χ1v) is 6.47. The van der Waals surface area contributed by atoms with Crippen LogP contribution in [0.15, 0.2) is 35.1 Å².